The van der Waals surface area contributed by atoms with Gasteiger partial charge in [0.2, 0.25) is 0 Å². The summed E-state index contributed by atoms with van der Waals surface area (Å²) in [5.74, 6) is 0.354. The minimum absolute atomic E-state index is 0.102. The zero-order chi connectivity index (χ0) is 14.7. The van der Waals surface area contributed by atoms with Crippen LogP contribution in [0.2, 0.25) is 0 Å². The summed E-state index contributed by atoms with van der Waals surface area (Å²) < 4.78 is 0. The predicted octanol–water partition coefficient (Wildman–Crippen LogP) is 4.42. The lowest BCUT2D eigenvalue weighted by Crippen LogP contribution is -2.22. The Morgan fingerprint density at radius 1 is 0.900 bits per heavy atom. The first-order chi connectivity index (χ1) is 9.47. The first-order valence-corrected chi connectivity index (χ1v) is 7.09. The average molecular weight is 269 g/mol. The molecule has 2 rings (SSSR count). The molecule has 2 aromatic carbocycles. The number of hydrogen-bond acceptors (Lipinski definition) is 2. The Bertz CT molecular complexity index is 592. The van der Waals surface area contributed by atoms with Crippen molar-refractivity contribution in [2.75, 3.05) is 0 Å². The number of phenolic OH excluding ortho intramolecular Hbond substituents is 1. The van der Waals surface area contributed by atoms with Crippen LogP contribution in [0.25, 0.3) is 0 Å². The summed E-state index contributed by atoms with van der Waals surface area (Å²) in [5.41, 5.74) is 4.64. The molecule has 0 fully saturated rings. The second-order valence-electron chi connectivity index (χ2n) is 5.59. The van der Waals surface area contributed by atoms with Gasteiger partial charge in [-0.3, -0.25) is 0 Å². The van der Waals surface area contributed by atoms with E-state index in [1.54, 1.807) is 6.07 Å². The fraction of sp³-hybridized carbons (Fsp3) is 0.333. The van der Waals surface area contributed by atoms with Crippen molar-refractivity contribution >= 4 is 0 Å². The standard InChI is InChI=1S/C18H23NO/c1-12-6-5-7-16(10-12)14(3)19-15(4)17-11-13(2)8-9-18(17)20/h5-11,14-15,19-20H,1-4H3/t14-,15?/m1/s1. The molecule has 0 heterocycles. The molecular weight excluding hydrogens is 246 g/mol. The van der Waals surface area contributed by atoms with Crippen molar-refractivity contribution < 1.29 is 5.11 Å². The lowest BCUT2D eigenvalue weighted by Gasteiger charge is -2.22. The summed E-state index contributed by atoms with van der Waals surface area (Å²) in [4.78, 5) is 0. The molecule has 0 saturated carbocycles. The Kier molecular flexibility index (Phi) is 4.46. The maximum Gasteiger partial charge on any atom is 0.120 e. The van der Waals surface area contributed by atoms with Crippen molar-refractivity contribution in [3.05, 3.63) is 64.7 Å². The molecule has 0 aliphatic carbocycles. The molecule has 0 spiro atoms. The Hall–Kier alpha value is -1.80. The summed E-state index contributed by atoms with van der Waals surface area (Å²) in [6, 6.07) is 14.6. The zero-order valence-corrected chi connectivity index (χ0v) is 12.6. The van der Waals surface area contributed by atoms with E-state index in [4.69, 9.17) is 0 Å². The van der Waals surface area contributed by atoms with E-state index < -0.39 is 0 Å². The van der Waals surface area contributed by atoms with E-state index in [0.29, 0.717) is 5.75 Å². The fourth-order valence-corrected chi connectivity index (χ4v) is 2.52. The van der Waals surface area contributed by atoms with Gasteiger partial charge in [-0.15, -0.1) is 0 Å². The monoisotopic (exact) mass is 269 g/mol. The Morgan fingerprint density at radius 3 is 2.30 bits per heavy atom. The number of aryl methyl sites for hydroxylation is 2. The van der Waals surface area contributed by atoms with Crippen molar-refractivity contribution in [2.45, 2.75) is 39.8 Å². The quantitative estimate of drug-likeness (QED) is 0.861. The van der Waals surface area contributed by atoms with Gasteiger partial charge in [-0.2, -0.15) is 0 Å². The van der Waals surface area contributed by atoms with Gasteiger partial charge in [0.25, 0.3) is 0 Å². The van der Waals surface area contributed by atoms with Gasteiger partial charge in [-0.1, -0.05) is 47.5 Å². The summed E-state index contributed by atoms with van der Waals surface area (Å²) in [6.07, 6.45) is 0. The molecule has 0 saturated heterocycles. The van der Waals surface area contributed by atoms with Crippen molar-refractivity contribution in [1.29, 1.82) is 0 Å². The predicted molar refractivity (Wildman–Crippen MR) is 84.0 cm³/mol. The molecule has 0 aliphatic heterocycles. The third-order valence-electron chi connectivity index (χ3n) is 3.69. The van der Waals surface area contributed by atoms with Crippen LogP contribution in [0.4, 0.5) is 0 Å². The van der Waals surface area contributed by atoms with E-state index in [9.17, 15) is 5.11 Å². The van der Waals surface area contributed by atoms with Gasteiger partial charge >= 0.3 is 0 Å². The lowest BCUT2D eigenvalue weighted by atomic mass is 10.0. The van der Waals surface area contributed by atoms with Crippen molar-refractivity contribution in [1.82, 2.24) is 5.32 Å². The first-order valence-electron chi connectivity index (χ1n) is 7.09. The van der Waals surface area contributed by atoms with Crippen LogP contribution < -0.4 is 5.32 Å². The van der Waals surface area contributed by atoms with Crippen LogP contribution in [-0.4, -0.2) is 5.11 Å². The Morgan fingerprint density at radius 2 is 1.60 bits per heavy atom. The first kappa shape index (κ1) is 14.6. The highest BCUT2D eigenvalue weighted by molar-refractivity contribution is 5.38. The molecule has 2 N–H and O–H groups in total. The molecule has 2 atom stereocenters. The molecule has 0 amide bonds. The minimum Gasteiger partial charge on any atom is -0.508 e. The number of phenols is 1. The van der Waals surface area contributed by atoms with Crippen LogP contribution in [0.15, 0.2) is 42.5 Å². The summed E-state index contributed by atoms with van der Waals surface area (Å²) in [6.45, 7) is 8.38. The second kappa shape index (κ2) is 6.10. The highest BCUT2D eigenvalue weighted by Crippen LogP contribution is 2.27. The molecule has 0 aliphatic rings. The molecular formula is C18H23NO. The van der Waals surface area contributed by atoms with Gasteiger partial charge in [0.05, 0.1) is 0 Å². The van der Waals surface area contributed by atoms with Crippen LogP contribution in [0.3, 0.4) is 0 Å². The minimum atomic E-state index is 0.102. The van der Waals surface area contributed by atoms with E-state index in [-0.39, 0.29) is 12.1 Å². The molecule has 0 bridgehead atoms. The molecule has 2 aromatic rings. The summed E-state index contributed by atoms with van der Waals surface area (Å²) >= 11 is 0. The van der Waals surface area contributed by atoms with E-state index in [1.807, 2.05) is 19.1 Å². The van der Waals surface area contributed by atoms with Gasteiger partial charge in [0.15, 0.2) is 0 Å². The number of aromatic hydroxyl groups is 1. The van der Waals surface area contributed by atoms with Crippen LogP contribution in [0.5, 0.6) is 5.75 Å². The van der Waals surface area contributed by atoms with E-state index in [2.05, 4.69) is 50.4 Å². The molecule has 0 radical (unpaired) electrons. The zero-order valence-electron chi connectivity index (χ0n) is 12.6. The third kappa shape index (κ3) is 3.40. The van der Waals surface area contributed by atoms with Crippen LogP contribution in [0, 0.1) is 13.8 Å². The highest BCUT2D eigenvalue weighted by Gasteiger charge is 2.14. The van der Waals surface area contributed by atoms with Crippen LogP contribution >= 0.6 is 0 Å². The van der Waals surface area contributed by atoms with Crippen molar-refractivity contribution in [3.8, 4) is 5.75 Å². The maximum absolute atomic E-state index is 9.99. The van der Waals surface area contributed by atoms with E-state index >= 15 is 0 Å². The molecule has 2 heteroatoms. The average Bonchev–Trinajstić information content (AvgIpc) is 2.41. The van der Waals surface area contributed by atoms with Crippen LogP contribution in [-0.2, 0) is 0 Å². The summed E-state index contributed by atoms with van der Waals surface area (Å²) in [7, 11) is 0. The van der Waals surface area contributed by atoms with E-state index in [1.165, 1.54) is 11.1 Å². The SMILES string of the molecule is Cc1cccc([C@@H](C)NC(C)c2cc(C)ccc2O)c1. The molecule has 2 nitrogen and oxygen atoms in total. The fourth-order valence-electron chi connectivity index (χ4n) is 2.52. The Labute approximate surface area is 121 Å². The van der Waals surface area contributed by atoms with Gasteiger partial charge in [-0.05, 0) is 39.3 Å². The van der Waals surface area contributed by atoms with Crippen molar-refractivity contribution in [2.24, 2.45) is 0 Å². The maximum atomic E-state index is 9.99. The topological polar surface area (TPSA) is 32.3 Å². The van der Waals surface area contributed by atoms with Crippen molar-refractivity contribution in [3.63, 3.8) is 0 Å². The number of benzene rings is 2. The lowest BCUT2D eigenvalue weighted by molar-refractivity contribution is 0.438. The number of rotatable bonds is 4. The van der Waals surface area contributed by atoms with Gasteiger partial charge in [-0.25, -0.2) is 0 Å². The third-order valence-corrected chi connectivity index (χ3v) is 3.69. The molecule has 0 aromatic heterocycles. The van der Waals surface area contributed by atoms with Gasteiger partial charge in [0.1, 0.15) is 5.75 Å². The molecule has 1 unspecified atom stereocenters. The van der Waals surface area contributed by atoms with Gasteiger partial charge < -0.3 is 10.4 Å². The highest BCUT2D eigenvalue weighted by atomic mass is 16.3. The normalized spacial score (nSPS) is 14.0. The largest absolute Gasteiger partial charge is 0.508 e. The number of nitrogens with one attached hydrogen (secondary N) is 1. The van der Waals surface area contributed by atoms with Crippen LogP contribution in [0.1, 0.15) is 48.2 Å². The second-order valence-corrected chi connectivity index (χ2v) is 5.59. The smallest absolute Gasteiger partial charge is 0.120 e. The molecule has 20 heavy (non-hydrogen) atoms. The summed E-state index contributed by atoms with van der Waals surface area (Å²) in [5, 5.41) is 13.5. The Balaban J connectivity index is 2.15. The molecule has 106 valence electrons. The number of hydrogen-bond donors (Lipinski definition) is 2. The van der Waals surface area contributed by atoms with Gasteiger partial charge in [0, 0.05) is 17.6 Å². The van der Waals surface area contributed by atoms with E-state index in [0.717, 1.165) is 11.1 Å².